The summed E-state index contributed by atoms with van der Waals surface area (Å²) in [6.45, 7) is 0. The van der Waals surface area contributed by atoms with E-state index in [-0.39, 0.29) is 36.3 Å². The van der Waals surface area contributed by atoms with Crippen LogP contribution in [0.25, 0.3) is 0 Å². The molecule has 0 aromatic heterocycles. The minimum absolute atomic E-state index is 0.0960. The molecule has 3 aliphatic rings. The fourth-order valence-electron chi connectivity index (χ4n) is 4.45. The predicted molar refractivity (Wildman–Crippen MR) is 93.1 cm³/mol. The van der Waals surface area contributed by atoms with Crippen LogP contribution in [0.3, 0.4) is 0 Å². The van der Waals surface area contributed by atoms with E-state index in [9.17, 15) is 28.3 Å². The van der Waals surface area contributed by atoms with Gasteiger partial charge in [-0.2, -0.15) is 0 Å². The minimum Gasteiger partial charge on any atom is -0.481 e. The van der Waals surface area contributed by atoms with Gasteiger partial charge in [0, 0.05) is 24.6 Å². The van der Waals surface area contributed by atoms with Crippen molar-refractivity contribution in [2.45, 2.75) is 56.1 Å². The average molecular weight is 394 g/mol. The zero-order valence-electron chi connectivity index (χ0n) is 15.0. The number of fused-ring (bicyclic) bond motifs is 2. The molecule has 2 saturated carbocycles. The van der Waals surface area contributed by atoms with Crippen molar-refractivity contribution in [3.05, 3.63) is 29.3 Å². The van der Waals surface area contributed by atoms with E-state index < -0.39 is 35.3 Å². The van der Waals surface area contributed by atoms with Gasteiger partial charge in [0.25, 0.3) is 0 Å². The van der Waals surface area contributed by atoms with Crippen molar-refractivity contribution >= 4 is 23.5 Å². The van der Waals surface area contributed by atoms with E-state index in [4.69, 9.17) is 5.11 Å². The number of nitrogens with zero attached hydrogens (tertiary/aromatic N) is 1. The molecular weight excluding hydrogens is 374 g/mol. The summed E-state index contributed by atoms with van der Waals surface area (Å²) in [6, 6.07) is 1.05. The molecule has 2 fully saturated rings. The van der Waals surface area contributed by atoms with Crippen LogP contribution in [0, 0.1) is 17.6 Å². The van der Waals surface area contributed by atoms with Gasteiger partial charge in [-0.1, -0.05) is 0 Å². The van der Waals surface area contributed by atoms with Crippen LogP contribution in [-0.4, -0.2) is 39.6 Å². The first-order valence-corrected chi connectivity index (χ1v) is 9.27. The molecule has 7 nitrogen and oxygen atoms in total. The number of carbonyl (C=O) groups excluding carboxylic acids is 1. The molecule has 1 amide bonds. The lowest BCUT2D eigenvalue weighted by Gasteiger charge is -2.52. The van der Waals surface area contributed by atoms with Crippen LogP contribution in [0.5, 0.6) is 0 Å². The predicted octanol–water partition coefficient (Wildman–Crippen LogP) is 2.84. The highest BCUT2D eigenvalue weighted by Gasteiger charge is 2.55. The van der Waals surface area contributed by atoms with E-state index in [1.165, 1.54) is 0 Å². The largest absolute Gasteiger partial charge is 0.481 e. The molecule has 2 aliphatic carbocycles. The number of anilines is 1. The molecule has 28 heavy (non-hydrogen) atoms. The lowest BCUT2D eigenvalue weighted by molar-refractivity contribution is -0.139. The minimum atomic E-state index is -1.22. The van der Waals surface area contributed by atoms with E-state index in [1.807, 2.05) is 0 Å². The molecule has 0 saturated heterocycles. The van der Waals surface area contributed by atoms with E-state index in [0.717, 1.165) is 17.0 Å². The SMILES string of the molecule is O=C(O)CCC(=O)C1(NC2c3cc(F)c(F)cc3N(C(=O)O)C3CCC23)CC1. The Hall–Kier alpha value is -2.55. The van der Waals surface area contributed by atoms with Gasteiger partial charge in [-0.05, 0) is 43.2 Å². The summed E-state index contributed by atoms with van der Waals surface area (Å²) in [5.74, 6) is -3.62. The Balaban J connectivity index is 1.67. The molecule has 3 N–H and O–H groups in total. The molecular formula is C19H20F2N2O5. The van der Waals surface area contributed by atoms with Crippen molar-refractivity contribution in [1.29, 1.82) is 0 Å². The summed E-state index contributed by atoms with van der Waals surface area (Å²) >= 11 is 0. The number of carbonyl (C=O) groups is 3. The topological polar surface area (TPSA) is 107 Å². The first kappa shape index (κ1) is 18.8. The van der Waals surface area contributed by atoms with Gasteiger partial charge in [-0.3, -0.25) is 19.8 Å². The number of hydrogen-bond donors (Lipinski definition) is 3. The number of nitrogens with one attached hydrogen (secondary N) is 1. The van der Waals surface area contributed by atoms with E-state index in [0.29, 0.717) is 31.2 Å². The van der Waals surface area contributed by atoms with Crippen molar-refractivity contribution in [2.75, 3.05) is 4.90 Å². The number of Topliss-reactive ketones (excluding diaryl/α,β-unsaturated/α-hetero) is 1. The number of rotatable bonds is 6. The zero-order chi connectivity index (χ0) is 20.2. The van der Waals surface area contributed by atoms with Crippen molar-refractivity contribution < 1.29 is 33.4 Å². The van der Waals surface area contributed by atoms with E-state index in [1.54, 1.807) is 0 Å². The van der Waals surface area contributed by atoms with Crippen LogP contribution in [0.1, 0.15) is 50.1 Å². The highest BCUT2D eigenvalue weighted by atomic mass is 19.2. The fraction of sp³-hybridized carbons (Fsp3) is 0.526. The molecule has 0 radical (unpaired) electrons. The average Bonchev–Trinajstić information content (AvgIpc) is 3.37. The van der Waals surface area contributed by atoms with Crippen molar-refractivity contribution in [2.24, 2.45) is 5.92 Å². The van der Waals surface area contributed by atoms with Gasteiger partial charge >= 0.3 is 12.1 Å². The number of amides is 1. The summed E-state index contributed by atoms with van der Waals surface area (Å²) < 4.78 is 27.8. The number of aliphatic carboxylic acids is 1. The molecule has 9 heteroatoms. The monoisotopic (exact) mass is 394 g/mol. The molecule has 0 bridgehead atoms. The van der Waals surface area contributed by atoms with Gasteiger partial charge in [-0.15, -0.1) is 0 Å². The molecule has 1 heterocycles. The van der Waals surface area contributed by atoms with Crippen LogP contribution < -0.4 is 10.2 Å². The first-order valence-electron chi connectivity index (χ1n) is 9.27. The lowest BCUT2D eigenvalue weighted by Crippen LogP contribution is -2.59. The summed E-state index contributed by atoms with van der Waals surface area (Å²) in [4.78, 5) is 36.2. The highest BCUT2D eigenvalue weighted by molar-refractivity contribution is 5.93. The Labute approximate surface area is 159 Å². The van der Waals surface area contributed by atoms with Gasteiger partial charge in [0.05, 0.1) is 17.6 Å². The fourth-order valence-corrected chi connectivity index (χ4v) is 4.45. The van der Waals surface area contributed by atoms with Crippen LogP contribution >= 0.6 is 0 Å². The summed E-state index contributed by atoms with van der Waals surface area (Å²) in [5.41, 5.74) is -0.452. The van der Waals surface area contributed by atoms with Gasteiger partial charge in [0.2, 0.25) is 0 Å². The summed E-state index contributed by atoms with van der Waals surface area (Å²) in [5, 5.41) is 21.7. The second-order valence-electron chi connectivity index (χ2n) is 7.81. The molecule has 1 aromatic carbocycles. The third-order valence-corrected chi connectivity index (χ3v) is 6.20. The van der Waals surface area contributed by atoms with Gasteiger partial charge in [-0.25, -0.2) is 13.6 Å². The Bertz CT molecular complexity index is 870. The molecule has 3 unspecified atom stereocenters. The number of carboxylic acid groups (broad SMARTS) is 2. The second kappa shape index (κ2) is 6.51. The number of hydrogen-bond acceptors (Lipinski definition) is 4. The normalized spacial score (nSPS) is 26.6. The third-order valence-electron chi connectivity index (χ3n) is 6.20. The van der Waals surface area contributed by atoms with Crippen molar-refractivity contribution in [3.8, 4) is 0 Å². The molecule has 1 aliphatic heterocycles. The lowest BCUT2D eigenvalue weighted by atomic mass is 9.68. The van der Waals surface area contributed by atoms with Crippen LogP contribution in [0.4, 0.5) is 19.3 Å². The van der Waals surface area contributed by atoms with E-state index >= 15 is 0 Å². The third kappa shape index (κ3) is 2.94. The van der Waals surface area contributed by atoms with E-state index in [2.05, 4.69) is 5.32 Å². The Morgan fingerprint density at radius 1 is 1.11 bits per heavy atom. The molecule has 1 aromatic rings. The Kier molecular flexibility index (Phi) is 4.37. The maximum atomic E-state index is 14.0. The molecule has 4 rings (SSSR count). The standard InChI is InChI=1S/C19H20F2N2O5/c20-11-7-10-14(8-12(11)21)23(18(27)28)13-2-1-9(13)17(10)22-19(5-6-19)15(24)3-4-16(25)26/h7-9,13,17,22H,1-6H2,(H,25,26)(H,27,28). The van der Waals surface area contributed by atoms with Gasteiger partial charge < -0.3 is 10.2 Å². The van der Waals surface area contributed by atoms with Crippen LogP contribution in [0.15, 0.2) is 12.1 Å². The van der Waals surface area contributed by atoms with Gasteiger partial charge in [0.15, 0.2) is 17.4 Å². The Morgan fingerprint density at radius 3 is 2.32 bits per heavy atom. The molecule has 0 spiro atoms. The Morgan fingerprint density at radius 2 is 1.79 bits per heavy atom. The quantitative estimate of drug-likeness (QED) is 0.685. The van der Waals surface area contributed by atoms with Crippen molar-refractivity contribution in [1.82, 2.24) is 5.32 Å². The second-order valence-corrected chi connectivity index (χ2v) is 7.81. The van der Waals surface area contributed by atoms with Gasteiger partial charge in [0.1, 0.15) is 0 Å². The number of carboxylic acids is 1. The number of halogens is 2. The number of benzene rings is 1. The molecule has 3 atom stereocenters. The van der Waals surface area contributed by atoms with Crippen LogP contribution in [-0.2, 0) is 9.59 Å². The first-order chi connectivity index (χ1) is 13.2. The highest BCUT2D eigenvalue weighted by Crippen LogP contribution is 2.52. The van der Waals surface area contributed by atoms with Crippen molar-refractivity contribution in [3.63, 3.8) is 0 Å². The maximum Gasteiger partial charge on any atom is 0.412 e. The summed E-state index contributed by atoms with van der Waals surface area (Å²) in [6.07, 6.45) is 0.801. The summed E-state index contributed by atoms with van der Waals surface area (Å²) in [7, 11) is 0. The smallest absolute Gasteiger partial charge is 0.412 e. The van der Waals surface area contributed by atoms with Crippen LogP contribution in [0.2, 0.25) is 0 Å². The zero-order valence-corrected chi connectivity index (χ0v) is 15.0. The molecule has 150 valence electrons. The maximum absolute atomic E-state index is 14.0. The number of ketones is 1.